The van der Waals surface area contributed by atoms with E-state index < -0.39 is 5.97 Å². The Balaban J connectivity index is 1.87. The van der Waals surface area contributed by atoms with Crippen LogP contribution in [0.3, 0.4) is 0 Å². The summed E-state index contributed by atoms with van der Waals surface area (Å²) in [5, 5.41) is 8.97. The van der Waals surface area contributed by atoms with Crippen molar-refractivity contribution in [1.82, 2.24) is 9.88 Å². The number of thioether (sulfide) groups is 1. The van der Waals surface area contributed by atoms with Crippen LogP contribution >= 0.6 is 23.1 Å². The van der Waals surface area contributed by atoms with E-state index in [1.165, 1.54) is 11.8 Å². The van der Waals surface area contributed by atoms with Crippen molar-refractivity contribution >= 4 is 35.0 Å². The first-order valence-electron chi connectivity index (χ1n) is 6.58. The fourth-order valence-electron chi connectivity index (χ4n) is 2.10. The highest BCUT2D eigenvalue weighted by Gasteiger charge is 2.21. The molecule has 2 heterocycles. The fraction of sp³-hybridized carbons (Fsp3) is 0.615. The molecule has 0 aromatic carbocycles. The number of aromatic carboxylic acids is 1. The van der Waals surface area contributed by atoms with E-state index in [2.05, 4.69) is 11.9 Å². The Morgan fingerprint density at radius 3 is 2.65 bits per heavy atom. The molecule has 1 aromatic rings. The molecule has 1 aromatic heterocycles. The number of nitrogens with zero attached hydrogens (tertiary/aromatic N) is 2. The van der Waals surface area contributed by atoms with Crippen LogP contribution in [0.25, 0.3) is 0 Å². The standard InChI is InChI=1S/C13H18N2O3S2/c1-8-3-5-15(6-4-8)10(16)7-19-13-14-9(2)11(20-13)12(17)18/h8H,3-7H2,1-2H3,(H,17,18). The number of hydrogen-bond donors (Lipinski definition) is 1. The zero-order valence-corrected chi connectivity index (χ0v) is 13.2. The molecule has 1 N–H and O–H groups in total. The number of aryl methyl sites for hydroxylation is 1. The lowest BCUT2D eigenvalue weighted by molar-refractivity contribution is -0.129. The van der Waals surface area contributed by atoms with Gasteiger partial charge in [0, 0.05) is 13.1 Å². The second kappa shape index (κ2) is 6.58. The molecule has 5 nitrogen and oxygen atoms in total. The van der Waals surface area contributed by atoms with Crippen molar-refractivity contribution in [2.75, 3.05) is 18.8 Å². The van der Waals surface area contributed by atoms with Crippen LogP contribution in [0.1, 0.15) is 35.1 Å². The SMILES string of the molecule is Cc1nc(SCC(=O)N2CCC(C)CC2)sc1C(=O)O. The van der Waals surface area contributed by atoms with Crippen molar-refractivity contribution in [3.05, 3.63) is 10.6 Å². The Bertz CT molecular complexity index is 508. The molecule has 0 aliphatic carbocycles. The Kier molecular flexibility index (Phi) is 5.04. The zero-order chi connectivity index (χ0) is 14.7. The minimum Gasteiger partial charge on any atom is -0.477 e. The number of carboxylic acids is 1. The van der Waals surface area contributed by atoms with Gasteiger partial charge in [-0.2, -0.15) is 0 Å². The molecule has 2 rings (SSSR count). The predicted octanol–water partition coefficient (Wildman–Crippen LogP) is 2.50. The summed E-state index contributed by atoms with van der Waals surface area (Å²) in [5.74, 6) is 0.196. The summed E-state index contributed by atoms with van der Waals surface area (Å²) >= 11 is 2.47. The molecular formula is C13H18N2O3S2. The molecule has 7 heteroatoms. The lowest BCUT2D eigenvalue weighted by Gasteiger charge is -2.30. The number of thiazole rings is 1. The highest BCUT2D eigenvalue weighted by molar-refractivity contribution is 8.01. The van der Waals surface area contributed by atoms with Crippen LogP contribution in [0, 0.1) is 12.8 Å². The molecule has 1 saturated heterocycles. The van der Waals surface area contributed by atoms with E-state index in [1.54, 1.807) is 6.92 Å². The highest BCUT2D eigenvalue weighted by atomic mass is 32.2. The summed E-state index contributed by atoms with van der Waals surface area (Å²) in [4.78, 5) is 29.3. The maximum Gasteiger partial charge on any atom is 0.347 e. The second-order valence-corrected chi connectivity index (χ2v) is 7.27. The molecule has 110 valence electrons. The van der Waals surface area contributed by atoms with E-state index in [9.17, 15) is 9.59 Å². The van der Waals surface area contributed by atoms with Gasteiger partial charge in [0.2, 0.25) is 5.91 Å². The van der Waals surface area contributed by atoms with Crippen molar-refractivity contribution in [1.29, 1.82) is 0 Å². The van der Waals surface area contributed by atoms with E-state index in [4.69, 9.17) is 5.11 Å². The molecule has 1 aliphatic heterocycles. The second-order valence-electron chi connectivity index (χ2n) is 5.05. The number of amides is 1. The number of carboxylic acid groups (broad SMARTS) is 1. The van der Waals surface area contributed by atoms with Crippen LogP contribution in [0.2, 0.25) is 0 Å². The van der Waals surface area contributed by atoms with Gasteiger partial charge in [0.15, 0.2) is 4.34 Å². The first kappa shape index (κ1) is 15.3. The third-order valence-corrected chi connectivity index (χ3v) is 5.70. The van der Waals surface area contributed by atoms with Gasteiger partial charge in [0.1, 0.15) is 4.88 Å². The molecule has 0 spiro atoms. The maximum absolute atomic E-state index is 12.1. The summed E-state index contributed by atoms with van der Waals surface area (Å²) in [7, 11) is 0. The van der Waals surface area contributed by atoms with Gasteiger partial charge in [0.05, 0.1) is 11.4 Å². The lowest BCUT2D eigenvalue weighted by atomic mass is 9.99. The van der Waals surface area contributed by atoms with E-state index >= 15 is 0 Å². The summed E-state index contributed by atoms with van der Waals surface area (Å²) in [6.45, 7) is 5.55. The summed E-state index contributed by atoms with van der Waals surface area (Å²) in [6, 6.07) is 0. The molecule has 1 fully saturated rings. The van der Waals surface area contributed by atoms with Gasteiger partial charge in [-0.15, -0.1) is 11.3 Å². The number of aromatic nitrogens is 1. The van der Waals surface area contributed by atoms with E-state index in [0.29, 0.717) is 21.7 Å². The minimum absolute atomic E-state index is 0.117. The number of rotatable bonds is 4. The van der Waals surface area contributed by atoms with Gasteiger partial charge in [0.25, 0.3) is 0 Å². The first-order valence-corrected chi connectivity index (χ1v) is 8.39. The number of likely N-dealkylation sites (tertiary alicyclic amines) is 1. The minimum atomic E-state index is -0.955. The van der Waals surface area contributed by atoms with Gasteiger partial charge in [-0.1, -0.05) is 18.7 Å². The molecule has 0 saturated carbocycles. The Labute approximate surface area is 126 Å². The predicted molar refractivity (Wildman–Crippen MR) is 79.5 cm³/mol. The highest BCUT2D eigenvalue weighted by Crippen LogP contribution is 2.27. The average molecular weight is 314 g/mol. The molecule has 0 atom stereocenters. The summed E-state index contributed by atoms with van der Waals surface area (Å²) in [5.41, 5.74) is 0.518. The van der Waals surface area contributed by atoms with Crippen LogP contribution in [-0.2, 0) is 4.79 Å². The number of carbonyl (C=O) groups is 2. The Morgan fingerprint density at radius 1 is 1.45 bits per heavy atom. The maximum atomic E-state index is 12.1. The molecule has 0 unspecified atom stereocenters. The Hall–Kier alpha value is -1.08. The third-order valence-electron chi connectivity index (χ3n) is 3.43. The fourth-order valence-corrected chi connectivity index (χ4v) is 4.04. The van der Waals surface area contributed by atoms with Crippen molar-refractivity contribution < 1.29 is 14.7 Å². The average Bonchev–Trinajstić information content (AvgIpc) is 2.78. The lowest BCUT2D eigenvalue weighted by Crippen LogP contribution is -2.38. The summed E-state index contributed by atoms with van der Waals surface area (Å²) in [6.07, 6.45) is 2.13. The third kappa shape index (κ3) is 3.73. The number of carbonyl (C=O) groups excluding carboxylic acids is 1. The smallest absolute Gasteiger partial charge is 0.347 e. The Morgan fingerprint density at radius 2 is 2.10 bits per heavy atom. The normalized spacial score (nSPS) is 16.4. The quantitative estimate of drug-likeness (QED) is 0.865. The van der Waals surface area contributed by atoms with Crippen LogP contribution in [0.15, 0.2) is 4.34 Å². The topological polar surface area (TPSA) is 70.5 Å². The van der Waals surface area contributed by atoms with Gasteiger partial charge in [-0.3, -0.25) is 4.79 Å². The number of hydrogen-bond acceptors (Lipinski definition) is 5. The molecule has 1 amide bonds. The van der Waals surface area contributed by atoms with Crippen molar-refractivity contribution in [3.8, 4) is 0 Å². The van der Waals surface area contributed by atoms with Gasteiger partial charge >= 0.3 is 5.97 Å². The molecular weight excluding hydrogens is 296 g/mol. The largest absolute Gasteiger partial charge is 0.477 e. The zero-order valence-electron chi connectivity index (χ0n) is 11.6. The van der Waals surface area contributed by atoms with Gasteiger partial charge in [-0.05, 0) is 25.7 Å². The van der Waals surface area contributed by atoms with Crippen LogP contribution in [0.4, 0.5) is 0 Å². The van der Waals surface area contributed by atoms with E-state index in [0.717, 1.165) is 37.3 Å². The molecule has 0 radical (unpaired) electrons. The van der Waals surface area contributed by atoms with Crippen LogP contribution in [-0.4, -0.2) is 45.7 Å². The van der Waals surface area contributed by atoms with Crippen molar-refractivity contribution in [2.45, 2.75) is 31.0 Å². The molecule has 1 aliphatic rings. The van der Waals surface area contributed by atoms with Crippen molar-refractivity contribution in [2.24, 2.45) is 5.92 Å². The van der Waals surface area contributed by atoms with Crippen molar-refractivity contribution in [3.63, 3.8) is 0 Å². The van der Waals surface area contributed by atoms with Gasteiger partial charge in [-0.25, -0.2) is 9.78 Å². The van der Waals surface area contributed by atoms with Crippen LogP contribution in [0.5, 0.6) is 0 Å². The summed E-state index contributed by atoms with van der Waals surface area (Å²) < 4.78 is 0.652. The van der Waals surface area contributed by atoms with Gasteiger partial charge < -0.3 is 10.0 Å². The van der Waals surface area contributed by atoms with E-state index in [-0.39, 0.29) is 10.8 Å². The molecule has 20 heavy (non-hydrogen) atoms. The monoisotopic (exact) mass is 314 g/mol. The first-order chi connectivity index (χ1) is 9.47. The van der Waals surface area contributed by atoms with Crippen LogP contribution < -0.4 is 0 Å². The number of piperidine rings is 1. The van der Waals surface area contributed by atoms with E-state index in [1.807, 2.05) is 4.90 Å². The molecule has 0 bridgehead atoms.